The van der Waals surface area contributed by atoms with Crippen LogP contribution < -0.4 is 5.43 Å². The number of phenolic OH excluding ortho intramolecular Hbond substituents is 1. The lowest BCUT2D eigenvalue weighted by Gasteiger charge is -2.03. The summed E-state index contributed by atoms with van der Waals surface area (Å²) in [6.45, 7) is -0.235. The molecule has 0 atom stereocenters. The first-order valence-corrected chi connectivity index (χ1v) is 7.27. The van der Waals surface area contributed by atoms with Crippen LogP contribution in [0.4, 0.5) is 5.69 Å². The number of nitro benzene ring substituents is 1. The van der Waals surface area contributed by atoms with Crippen molar-refractivity contribution >= 4 is 33.7 Å². The molecule has 1 aromatic heterocycles. The normalized spacial score (nSPS) is 10.8. The van der Waals surface area contributed by atoms with Crippen LogP contribution in [0, 0.1) is 10.1 Å². The molecule has 1 heterocycles. The largest absolute Gasteiger partial charge is 0.506 e. The van der Waals surface area contributed by atoms with Gasteiger partial charge >= 0.3 is 0 Å². The van der Waals surface area contributed by atoms with Crippen molar-refractivity contribution in [3.05, 3.63) is 61.9 Å². The van der Waals surface area contributed by atoms with E-state index in [2.05, 4.69) is 31.4 Å². The molecule has 0 bridgehead atoms. The number of carbonyl (C=O) groups is 1. The molecule has 2 aromatic rings. The number of hydrogen-bond donors (Lipinski definition) is 3. The van der Waals surface area contributed by atoms with Gasteiger partial charge in [-0.1, -0.05) is 0 Å². The molecular formula is C14H11BrN4O5. The van der Waals surface area contributed by atoms with Crippen molar-refractivity contribution in [3.63, 3.8) is 0 Å². The summed E-state index contributed by atoms with van der Waals surface area (Å²) in [4.78, 5) is 25.9. The highest BCUT2D eigenvalue weighted by Crippen LogP contribution is 2.31. The van der Waals surface area contributed by atoms with E-state index in [9.17, 15) is 20.0 Å². The van der Waals surface area contributed by atoms with E-state index in [0.29, 0.717) is 5.69 Å². The third kappa shape index (κ3) is 4.12. The lowest BCUT2D eigenvalue weighted by molar-refractivity contribution is -0.385. The minimum absolute atomic E-state index is 0.0603. The number of halogens is 1. The Kier molecular flexibility index (Phi) is 5.55. The summed E-state index contributed by atoms with van der Waals surface area (Å²) in [5, 5.41) is 33.2. The van der Waals surface area contributed by atoms with Crippen LogP contribution in [0.3, 0.4) is 0 Å². The van der Waals surface area contributed by atoms with Gasteiger partial charge < -0.3 is 10.2 Å². The van der Waals surface area contributed by atoms with Crippen LogP contribution in [0.25, 0.3) is 0 Å². The number of phenols is 1. The molecule has 1 aromatic carbocycles. The molecule has 0 spiro atoms. The number of carbonyl (C=O) groups excluding carboxylic acids is 1. The van der Waals surface area contributed by atoms with Gasteiger partial charge in [-0.3, -0.25) is 19.9 Å². The van der Waals surface area contributed by atoms with Crippen molar-refractivity contribution in [2.24, 2.45) is 5.10 Å². The number of aliphatic hydroxyl groups excluding tert-OH is 1. The van der Waals surface area contributed by atoms with Crippen molar-refractivity contribution in [1.29, 1.82) is 0 Å². The van der Waals surface area contributed by atoms with E-state index in [0.717, 1.165) is 18.3 Å². The molecule has 124 valence electrons. The number of nitrogens with one attached hydrogen (secondary N) is 1. The van der Waals surface area contributed by atoms with E-state index in [4.69, 9.17) is 5.11 Å². The van der Waals surface area contributed by atoms with Crippen LogP contribution in [0.15, 0.2) is 40.0 Å². The first-order valence-electron chi connectivity index (χ1n) is 6.48. The summed E-state index contributed by atoms with van der Waals surface area (Å²) >= 11 is 3.00. The maximum absolute atomic E-state index is 11.9. The van der Waals surface area contributed by atoms with Gasteiger partial charge in [0.25, 0.3) is 11.6 Å². The summed E-state index contributed by atoms with van der Waals surface area (Å²) in [5.41, 5.74) is 2.67. The number of pyridine rings is 1. The number of aromatic hydroxyl groups is 1. The van der Waals surface area contributed by atoms with E-state index >= 15 is 0 Å². The number of aromatic nitrogens is 1. The quantitative estimate of drug-likeness (QED) is 0.400. The fourth-order valence-electron chi connectivity index (χ4n) is 1.69. The number of benzene rings is 1. The van der Waals surface area contributed by atoms with E-state index in [1.165, 1.54) is 18.3 Å². The molecule has 3 N–H and O–H groups in total. The van der Waals surface area contributed by atoms with E-state index < -0.39 is 10.8 Å². The minimum Gasteiger partial charge on any atom is -0.506 e. The SMILES string of the molecule is O=C(N/N=C/c1cc([N+](=O)[O-])cc(Br)c1O)c1ccc(CO)nc1. The molecule has 1 amide bonds. The summed E-state index contributed by atoms with van der Waals surface area (Å²) in [5.74, 6) is -0.806. The summed E-state index contributed by atoms with van der Waals surface area (Å²) in [6.07, 6.45) is 2.36. The zero-order chi connectivity index (χ0) is 17.7. The van der Waals surface area contributed by atoms with Crippen molar-refractivity contribution in [2.75, 3.05) is 0 Å². The first kappa shape index (κ1) is 17.5. The van der Waals surface area contributed by atoms with Crippen LogP contribution in [-0.2, 0) is 6.61 Å². The highest BCUT2D eigenvalue weighted by molar-refractivity contribution is 9.10. The number of rotatable bonds is 5. The maximum atomic E-state index is 11.9. The van der Waals surface area contributed by atoms with Crippen molar-refractivity contribution in [1.82, 2.24) is 10.4 Å². The van der Waals surface area contributed by atoms with Gasteiger partial charge in [0, 0.05) is 23.9 Å². The summed E-state index contributed by atoms with van der Waals surface area (Å²) < 4.78 is 0.133. The Morgan fingerprint density at radius 3 is 2.79 bits per heavy atom. The molecule has 0 aliphatic rings. The Balaban J connectivity index is 2.13. The zero-order valence-electron chi connectivity index (χ0n) is 12.0. The van der Waals surface area contributed by atoms with Gasteiger partial charge in [0.2, 0.25) is 0 Å². The molecule has 24 heavy (non-hydrogen) atoms. The lowest BCUT2D eigenvalue weighted by Crippen LogP contribution is -2.18. The fraction of sp³-hybridized carbons (Fsp3) is 0.0714. The Morgan fingerprint density at radius 1 is 1.46 bits per heavy atom. The summed E-state index contributed by atoms with van der Waals surface area (Å²) in [7, 11) is 0. The molecular weight excluding hydrogens is 384 g/mol. The molecule has 0 saturated heterocycles. The molecule has 0 aliphatic heterocycles. The van der Waals surface area contributed by atoms with Gasteiger partial charge in [0.1, 0.15) is 5.75 Å². The highest BCUT2D eigenvalue weighted by Gasteiger charge is 2.13. The van der Waals surface area contributed by atoms with Gasteiger partial charge in [-0.25, -0.2) is 5.43 Å². The monoisotopic (exact) mass is 394 g/mol. The molecule has 0 aliphatic carbocycles. The number of non-ortho nitro benzene ring substituents is 1. The first-order chi connectivity index (χ1) is 11.4. The third-order valence-corrected chi connectivity index (χ3v) is 3.51. The maximum Gasteiger partial charge on any atom is 0.272 e. The Morgan fingerprint density at radius 2 is 2.21 bits per heavy atom. The van der Waals surface area contributed by atoms with Gasteiger partial charge in [-0.05, 0) is 28.1 Å². The zero-order valence-corrected chi connectivity index (χ0v) is 13.6. The molecule has 0 fully saturated rings. The second kappa shape index (κ2) is 7.62. The lowest BCUT2D eigenvalue weighted by atomic mass is 10.2. The molecule has 0 radical (unpaired) electrons. The van der Waals surface area contributed by atoms with Gasteiger partial charge in [-0.15, -0.1) is 0 Å². The van der Waals surface area contributed by atoms with Crippen LogP contribution in [0.2, 0.25) is 0 Å². The molecule has 9 nitrogen and oxygen atoms in total. The van der Waals surface area contributed by atoms with Crippen LogP contribution in [0.5, 0.6) is 5.75 Å². The number of nitro groups is 1. The fourth-order valence-corrected chi connectivity index (χ4v) is 2.15. The average Bonchev–Trinajstić information content (AvgIpc) is 2.58. The van der Waals surface area contributed by atoms with Crippen LogP contribution >= 0.6 is 15.9 Å². The number of amides is 1. The van der Waals surface area contributed by atoms with Crippen molar-refractivity contribution < 1.29 is 19.9 Å². The highest BCUT2D eigenvalue weighted by atomic mass is 79.9. The van der Waals surface area contributed by atoms with E-state index in [-0.39, 0.29) is 33.6 Å². The molecule has 10 heteroatoms. The Bertz CT molecular complexity index is 808. The van der Waals surface area contributed by atoms with Crippen LogP contribution in [0.1, 0.15) is 21.6 Å². The number of hydrogen-bond acceptors (Lipinski definition) is 7. The number of hydrazone groups is 1. The third-order valence-electron chi connectivity index (χ3n) is 2.91. The van der Waals surface area contributed by atoms with Crippen LogP contribution in [-0.4, -0.2) is 32.2 Å². The molecule has 0 unspecified atom stereocenters. The predicted molar refractivity (Wildman–Crippen MR) is 87.7 cm³/mol. The standard InChI is InChI=1S/C14H11BrN4O5/c15-12-4-11(19(23)24)3-9(13(12)21)6-17-18-14(22)8-1-2-10(7-20)16-5-8/h1-6,20-21H,7H2,(H,18,22)/b17-6+. The predicted octanol–water partition coefficient (Wildman–Crippen LogP) is 1.71. The van der Waals surface area contributed by atoms with E-state index in [1.54, 1.807) is 0 Å². The number of nitrogens with zero attached hydrogens (tertiary/aromatic N) is 3. The van der Waals surface area contributed by atoms with Gasteiger partial charge in [0.05, 0.1) is 33.5 Å². The number of aliphatic hydroxyl groups is 1. The molecule has 2 rings (SSSR count). The molecule has 0 saturated carbocycles. The Labute approximate surface area is 143 Å². The minimum atomic E-state index is -0.617. The second-order valence-corrected chi connectivity index (χ2v) is 5.37. The summed E-state index contributed by atoms with van der Waals surface area (Å²) in [6, 6.07) is 5.22. The topological polar surface area (TPSA) is 138 Å². The Hall–Kier alpha value is -2.85. The van der Waals surface area contributed by atoms with Gasteiger partial charge in [-0.2, -0.15) is 5.10 Å². The van der Waals surface area contributed by atoms with Crippen molar-refractivity contribution in [3.8, 4) is 5.75 Å². The van der Waals surface area contributed by atoms with E-state index in [1.807, 2.05) is 0 Å². The second-order valence-electron chi connectivity index (χ2n) is 4.52. The average molecular weight is 395 g/mol. The van der Waals surface area contributed by atoms with Gasteiger partial charge in [0.15, 0.2) is 0 Å². The van der Waals surface area contributed by atoms with Crippen molar-refractivity contribution in [2.45, 2.75) is 6.61 Å². The smallest absolute Gasteiger partial charge is 0.272 e.